The van der Waals surface area contributed by atoms with E-state index in [0.717, 1.165) is 93.0 Å². The van der Waals surface area contributed by atoms with Gasteiger partial charge in [0.05, 0.1) is 61.7 Å². The van der Waals surface area contributed by atoms with E-state index in [0.29, 0.717) is 69.0 Å². The number of carbonyl (C=O) groups excluding carboxylic acids is 4. The van der Waals surface area contributed by atoms with Crippen molar-refractivity contribution in [1.82, 2.24) is 48.7 Å². The molecule has 6 aromatic rings. The zero-order chi connectivity index (χ0) is 59.7. The first kappa shape index (κ1) is 59.4. The summed E-state index contributed by atoms with van der Waals surface area (Å²) in [6.45, 7) is 14.7. The van der Waals surface area contributed by atoms with Gasteiger partial charge in [-0.15, -0.1) is 0 Å². The largest absolute Gasteiger partial charge is 0.466 e. The molecule has 2 aliphatic heterocycles. The van der Waals surface area contributed by atoms with Crippen LogP contribution in [0.5, 0.6) is 0 Å². The summed E-state index contributed by atoms with van der Waals surface area (Å²) in [5.41, 5.74) is 10.9. The number of allylic oxidation sites excluding steroid dienone is 2. The maximum absolute atomic E-state index is 13.4. The van der Waals surface area contributed by atoms with Crippen LogP contribution in [0.15, 0.2) is 98.1 Å². The van der Waals surface area contributed by atoms with Gasteiger partial charge in [0.2, 0.25) is 0 Å². The molecule has 0 spiro atoms. The maximum atomic E-state index is 13.4. The van der Waals surface area contributed by atoms with Crippen LogP contribution in [-0.4, -0.2) is 149 Å². The normalized spacial score (nSPS) is 20.0. The monoisotopic (exact) mass is 1190 g/mol. The van der Waals surface area contributed by atoms with Crippen molar-refractivity contribution < 1.29 is 38.1 Å². The lowest BCUT2D eigenvalue weighted by Crippen LogP contribution is -2.50. The number of carbonyl (C=O) groups is 4. The zero-order valence-corrected chi connectivity index (χ0v) is 50.9. The average molecular weight is 1190 g/mol. The number of benzene rings is 2. The number of halogens is 2. The molecular weight excluding hydrogens is 1120 g/mol. The van der Waals surface area contributed by atoms with Gasteiger partial charge in [0.15, 0.2) is 0 Å². The van der Waals surface area contributed by atoms with Gasteiger partial charge in [-0.05, 0) is 153 Å². The van der Waals surface area contributed by atoms with Crippen molar-refractivity contribution in [3.05, 3.63) is 164 Å². The van der Waals surface area contributed by atoms with Gasteiger partial charge in [-0.3, -0.25) is 29.4 Å². The summed E-state index contributed by atoms with van der Waals surface area (Å²) in [4.78, 5) is 78.6. The standard InChI is InChI=1S/C34H38ClN5O4.C31H36ClN5O4/c1-33(8-9-33)43-29(41)19-27(28-20-36-21-38(28)3)25-17-22-5-4-12-37-30(22)31(24-7-6-23(35)18-26(24)25)39-13-15-40(16-14-39)32(42)44-34(2)10-11-34;1-5-40-28(38)17-26(27-18-33-19-35(27)4)24-15-21-7-6-10-34-29(21)30(23-9-8-22(32)16-25(23)24)36-11-13-37(14-12-36)31(39)41-20(2)3/h4-7,12,17-18,20-21,27,31H,8-11,13-16,19H2,1-3H3;6-10,15-16,18-20,26,30H,5,11-14,17H2,1-4H3/t27-,31+;26-,30+/m11/s1. The van der Waals surface area contributed by atoms with Crippen LogP contribution in [0.1, 0.15) is 153 Å². The molecule has 2 saturated carbocycles. The minimum Gasteiger partial charge on any atom is -0.466 e. The number of nitrogens with zero attached hydrogens (tertiary/aromatic N) is 10. The van der Waals surface area contributed by atoms with Crippen molar-refractivity contribution in [2.24, 2.45) is 14.1 Å². The number of pyridine rings is 2. The molecule has 85 heavy (non-hydrogen) atoms. The molecule has 0 radical (unpaired) electrons. The van der Waals surface area contributed by atoms with E-state index in [9.17, 15) is 19.2 Å². The van der Waals surface area contributed by atoms with Gasteiger partial charge in [0.25, 0.3) is 0 Å². The Kier molecular flexibility index (Phi) is 17.4. The van der Waals surface area contributed by atoms with Crippen LogP contribution >= 0.6 is 23.2 Å². The van der Waals surface area contributed by atoms with Gasteiger partial charge < -0.3 is 37.9 Å². The minimum absolute atomic E-state index is 0.155. The number of aryl methyl sites for hydroxylation is 2. The van der Waals surface area contributed by atoms with Crippen molar-refractivity contribution >= 4 is 70.6 Å². The van der Waals surface area contributed by atoms with E-state index in [1.54, 1.807) is 23.8 Å². The predicted octanol–water partition coefficient (Wildman–Crippen LogP) is 11.3. The molecule has 446 valence electrons. The lowest BCUT2D eigenvalue weighted by molar-refractivity contribution is -0.150. The van der Waals surface area contributed by atoms with E-state index in [1.807, 2.05) is 118 Å². The Balaban J connectivity index is 0.000000178. The molecule has 6 aliphatic rings. The molecule has 18 nitrogen and oxygen atoms in total. The van der Waals surface area contributed by atoms with Gasteiger partial charge in [-0.1, -0.05) is 47.5 Å². The number of imidazole rings is 2. The second kappa shape index (κ2) is 24.9. The second-order valence-corrected chi connectivity index (χ2v) is 24.7. The highest BCUT2D eigenvalue weighted by atomic mass is 35.5. The number of ether oxygens (including phenoxy) is 4. The molecule has 20 heteroatoms. The molecule has 0 unspecified atom stereocenters. The third-order valence-corrected chi connectivity index (χ3v) is 17.6. The Morgan fingerprint density at radius 1 is 0.612 bits per heavy atom. The lowest BCUT2D eigenvalue weighted by atomic mass is 9.84. The first-order chi connectivity index (χ1) is 40.9. The maximum Gasteiger partial charge on any atom is 0.410 e. The fourth-order valence-electron chi connectivity index (χ4n) is 12.2. The topological polar surface area (TPSA) is 180 Å². The van der Waals surface area contributed by atoms with E-state index in [4.69, 9.17) is 52.1 Å². The number of piperazine rings is 2. The Bertz CT molecular complexity index is 3540. The Labute approximate surface area is 506 Å². The predicted molar refractivity (Wildman–Crippen MR) is 324 cm³/mol. The molecular formula is C65H74Cl2N10O8. The third-order valence-electron chi connectivity index (χ3n) is 17.2. The number of fused-ring (bicyclic) bond motifs is 4. The summed E-state index contributed by atoms with van der Waals surface area (Å²) in [5, 5.41) is 1.22. The summed E-state index contributed by atoms with van der Waals surface area (Å²) >= 11 is 13.3. The molecule has 6 heterocycles. The molecule has 0 bridgehead atoms. The first-order valence-corrected chi connectivity index (χ1v) is 30.3. The zero-order valence-electron chi connectivity index (χ0n) is 49.4. The first-order valence-electron chi connectivity index (χ1n) is 29.5. The number of rotatable bonds is 14. The highest BCUT2D eigenvalue weighted by Gasteiger charge is 2.45. The van der Waals surface area contributed by atoms with Crippen molar-refractivity contribution in [2.75, 3.05) is 59.0 Å². The second-order valence-electron chi connectivity index (χ2n) is 23.8. The molecule has 0 N–H and O–H groups in total. The summed E-state index contributed by atoms with van der Waals surface area (Å²) in [6, 6.07) is 19.6. The molecule has 12 rings (SSSR count). The fourth-order valence-corrected chi connectivity index (χ4v) is 12.5. The van der Waals surface area contributed by atoms with Crippen molar-refractivity contribution in [1.29, 1.82) is 0 Å². The summed E-state index contributed by atoms with van der Waals surface area (Å²) in [5.74, 6) is -1.15. The van der Waals surface area contributed by atoms with Crippen molar-refractivity contribution in [3.8, 4) is 0 Å². The van der Waals surface area contributed by atoms with Crippen LogP contribution < -0.4 is 0 Å². The summed E-state index contributed by atoms with van der Waals surface area (Å²) < 4.78 is 26.4. The van der Waals surface area contributed by atoms with Crippen LogP contribution in [0, 0.1) is 0 Å². The molecule has 2 amide bonds. The molecule has 4 fully saturated rings. The van der Waals surface area contributed by atoms with Crippen LogP contribution in [0.25, 0.3) is 23.3 Å². The van der Waals surface area contributed by atoms with E-state index >= 15 is 0 Å². The van der Waals surface area contributed by atoms with Crippen LogP contribution in [-0.2, 0) is 42.6 Å². The third kappa shape index (κ3) is 13.2. The highest BCUT2D eigenvalue weighted by Crippen LogP contribution is 2.49. The molecule has 2 saturated heterocycles. The molecule has 2 aromatic carbocycles. The molecule has 4 atom stereocenters. The Hall–Kier alpha value is -7.38. The number of amides is 2. The minimum atomic E-state index is -0.361. The summed E-state index contributed by atoms with van der Waals surface area (Å²) in [6.07, 6.45) is 18.3. The number of esters is 2. The van der Waals surface area contributed by atoms with Crippen molar-refractivity contribution in [2.45, 2.75) is 114 Å². The van der Waals surface area contributed by atoms with Gasteiger partial charge in [-0.2, -0.15) is 0 Å². The summed E-state index contributed by atoms with van der Waals surface area (Å²) in [7, 11) is 3.88. The average Bonchev–Trinajstić information content (AvgIpc) is 2.14. The quantitative estimate of drug-likeness (QED) is 0.0742. The molecule has 4 aliphatic carbocycles. The van der Waals surface area contributed by atoms with Gasteiger partial charge in [-0.25, -0.2) is 19.6 Å². The number of hydrogen-bond acceptors (Lipinski definition) is 14. The van der Waals surface area contributed by atoms with E-state index in [-0.39, 0.29) is 78.2 Å². The Morgan fingerprint density at radius 2 is 1.06 bits per heavy atom. The number of hydrogen-bond donors (Lipinski definition) is 0. The van der Waals surface area contributed by atoms with Gasteiger partial charge in [0.1, 0.15) is 11.2 Å². The van der Waals surface area contributed by atoms with E-state index in [1.165, 1.54) is 0 Å². The fraction of sp³-hybridized carbons (Fsp3) is 0.446. The number of aromatic nitrogens is 6. The van der Waals surface area contributed by atoms with E-state index < -0.39 is 0 Å². The lowest BCUT2D eigenvalue weighted by Gasteiger charge is -2.39. The van der Waals surface area contributed by atoms with Gasteiger partial charge >= 0.3 is 24.1 Å². The highest BCUT2D eigenvalue weighted by molar-refractivity contribution is 6.31. The van der Waals surface area contributed by atoms with E-state index in [2.05, 4.69) is 56.2 Å². The van der Waals surface area contributed by atoms with Crippen LogP contribution in [0.3, 0.4) is 0 Å². The SMILES string of the molecule is CCOC(=O)C[C@H](C1=Cc2cccnc2[C@@H](N2CCN(C(=O)OC(C)C)CC2)c2ccc(Cl)cc21)c1cncn1C.Cn1cncc1[C@H](CC(=O)OC1(C)CC1)C1=Cc2cccnc2[C@@H](N2CCN(C(=O)OC3(C)CC3)CC2)c2ccc(Cl)cc21. The molecule has 4 aromatic heterocycles. The van der Waals surface area contributed by atoms with Crippen LogP contribution in [0.4, 0.5) is 9.59 Å². The van der Waals surface area contributed by atoms with Crippen molar-refractivity contribution in [3.63, 3.8) is 0 Å². The smallest absolute Gasteiger partial charge is 0.410 e. The van der Waals surface area contributed by atoms with Gasteiger partial charge in [0, 0.05) is 125 Å². The van der Waals surface area contributed by atoms with Crippen LogP contribution in [0.2, 0.25) is 10.0 Å². The Morgan fingerprint density at radius 3 is 1.48 bits per heavy atom.